The predicted octanol–water partition coefficient (Wildman–Crippen LogP) is 2.90. The maximum absolute atomic E-state index is 13.6. The third-order valence-electron chi connectivity index (χ3n) is 2.56. The van der Waals surface area contributed by atoms with Gasteiger partial charge in [-0.3, -0.25) is 4.98 Å². The number of rotatable bonds is 1. The summed E-state index contributed by atoms with van der Waals surface area (Å²) in [6, 6.07) is 2.76. The highest BCUT2D eigenvalue weighted by molar-refractivity contribution is 5.77. The minimum Gasteiger partial charge on any atom is -0.396 e. The highest BCUT2D eigenvalue weighted by Crippen LogP contribution is 2.34. The molecule has 0 amide bonds. The zero-order chi connectivity index (χ0) is 15.0. The van der Waals surface area contributed by atoms with Crippen LogP contribution in [0.25, 0.3) is 11.3 Å². The average Bonchev–Trinajstić information content (AvgIpc) is 2.45. The number of hydrogen-bond donors (Lipinski definition) is 1. The number of nitriles is 1. The van der Waals surface area contributed by atoms with Gasteiger partial charge in [-0.15, -0.1) is 0 Å². The lowest BCUT2D eigenvalue weighted by Gasteiger charge is -2.10. The molecule has 0 spiro atoms. The number of nitrogens with zero attached hydrogens (tertiary/aromatic N) is 2. The Morgan fingerprint density at radius 1 is 0.950 bits per heavy atom. The van der Waals surface area contributed by atoms with E-state index in [9.17, 15) is 22.0 Å². The Bertz CT molecular complexity index is 723. The SMILES string of the molecule is N#Cc1ccnc(-c2c(F)c(F)c(F)c(F)c2F)c1N. The van der Waals surface area contributed by atoms with Gasteiger partial charge in [-0.25, -0.2) is 22.0 Å². The summed E-state index contributed by atoms with van der Waals surface area (Å²) in [7, 11) is 0. The monoisotopic (exact) mass is 285 g/mol. The third-order valence-corrected chi connectivity index (χ3v) is 2.56. The number of anilines is 1. The van der Waals surface area contributed by atoms with Gasteiger partial charge in [0.1, 0.15) is 11.8 Å². The molecule has 102 valence electrons. The molecule has 0 saturated heterocycles. The molecule has 3 nitrogen and oxygen atoms in total. The Morgan fingerprint density at radius 3 is 1.95 bits per heavy atom. The van der Waals surface area contributed by atoms with Crippen molar-refractivity contribution in [2.24, 2.45) is 0 Å². The van der Waals surface area contributed by atoms with E-state index >= 15 is 0 Å². The number of nitrogens with two attached hydrogens (primary N) is 1. The van der Waals surface area contributed by atoms with E-state index in [0.29, 0.717) is 0 Å². The van der Waals surface area contributed by atoms with Crippen LogP contribution in [0.5, 0.6) is 0 Å². The van der Waals surface area contributed by atoms with E-state index in [2.05, 4.69) is 4.98 Å². The molecule has 20 heavy (non-hydrogen) atoms. The quantitative estimate of drug-likeness (QED) is 0.498. The van der Waals surface area contributed by atoms with Gasteiger partial charge in [-0.2, -0.15) is 5.26 Å². The summed E-state index contributed by atoms with van der Waals surface area (Å²) in [4.78, 5) is 3.48. The number of nitrogen functional groups attached to an aromatic ring is 1. The zero-order valence-corrected chi connectivity index (χ0v) is 9.52. The van der Waals surface area contributed by atoms with Crippen LogP contribution in [0.4, 0.5) is 27.6 Å². The summed E-state index contributed by atoms with van der Waals surface area (Å²) in [5.74, 6) is -10.6. The van der Waals surface area contributed by atoms with Crippen molar-refractivity contribution in [3.05, 3.63) is 46.9 Å². The normalized spacial score (nSPS) is 10.4. The predicted molar refractivity (Wildman–Crippen MR) is 58.6 cm³/mol. The van der Waals surface area contributed by atoms with Crippen LogP contribution in [-0.4, -0.2) is 4.98 Å². The van der Waals surface area contributed by atoms with E-state index in [1.807, 2.05) is 0 Å². The molecule has 0 aliphatic rings. The van der Waals surface area contributed by atoms with Gasteiger partial charge in [0.05, 0.1) is 16.8 Å². The fourth-order valence-corrected chi connectivity index (χ4v) is 1.58. The van der Waals surface area contributed by atoms with Crippen molar-refractivity contribution in [3.8, 4) is 17.3 Å². The second-order valence-corrected chi connectivity index (χ2v) is 3.68. The molecule has 0 fully saturated rings. The molecular formula is C12H4F5N3. The van der Waals surface area contributed by atoms with Crippen molar-refractivity contribution in [2.45, 2.75) is 0 Å². The van der Waals surface area contributed by atoms with Crippen LogP contribution in [0, 0.1) is 40.4 Å². The Hall–Kier alpha value is -2.69. The Labute approximate surface area is 109 Å². The van der Waals surface area contributed by atoms with Gasteiger partial charge in [-0.1, -0.05) is 0 Å². The maximum atomic E-state index is 13.6. The van der Waals surface area contributed by atoms with Gasteiger partial charge in [0.25, 0.3) is 0 Å². The Morgan fingerprint density at radius 2 is 1.45 bits per heavy atom. The van der Waals surface area contributed by atoms with E-state index in [4.69, 9.17) is 11.0 Å². The molecule has 0 radical (unpaired) electrons. The summed E-state index contributed by atoms with van der Waals surface area (Å²) in [5, 5.41) is 8.73. The van der Waals surface area contributed by atoms with Crippen LogP contribution in [0.1, 0.15) is 5.56 Å². The van der Waals surface area contributed by atoms with Crippen molar-refractivity contribution < 1.29 is 22.0 Å². The standard InChI is InChI=1S/C12H4F5N3/c13-6-5(7(14)9(16)10(17)8(6)15)12-11(19)4(3-18)1-2-20-12/h1-2H,19H2. The van der Waals surface area contributed by atoms with Crippen molar-refractivity contribution >= 4 is 5.69 Å². The van der Waals surface area contributed by atoms with Gasteiger partial charge in [0.15, 0.2) is 23.3 Å². The number of benzene rings is 1. The number of hydrogen-bond acceptors (Lipinski definition) is 3. The Kier molecular flexibility index (Phi) is 3.28. The first-order valence-corrected chi connectivity index (χ1v) is 5.06. The van der Waals surface area contributed by atoms with Gasteiger partial charge in [-0.05, 0) is 6.07 Å². The maximum Gasteiger partial charge on any atom is 0.200 e. The molecule has 1 heterocycles. The molecule has 2 N–H and O–H groups in total. The second-order valence-electron chi connectivity index (χ2n) is 3.68. The molecule has 1 aromatic heterocycles. The van der Waals surface area contributed by atoms with Crippen molar-refractivity contribution in [3.63, 3.8) is 0 Å². The highest BCUT2D eigenvalue weighted by atomic mass is 19.2. The summed E-state index contributed by atoms with van der Waals surface area (Å²) in [6.07, 6.45) is 0.974. The topological polar surface area (TPSA) is 62.7 Å². The Balaban J connectivity index is 2.88. The van der Waals surface area contributed by atoms with Crippen LogP contribution >= 0.6 is 0 Å². The first kappa shape index (κ1) is 13.7. The van der Waals surface area contributed by atoms with E-state index in [-0.39, 0.29) is 5.56 Å². The van der Waals surface area contributed by atoms with E-state index in [1.165, 1.54) is 0 Å². The summed E-state index contributed by atoms with van der Waals surface area (Å²) in [6.45, 7) is 0. The van der Waals surface area contributed by atoms with Gasteiger partial charge in [0, 0.05) is 6.20 Å². The second kappa shape index (κ2) is 4.77. The van der Waals surface area contributed by atoms with Crippen LogP contribution in [0.3, 0.4) is 0 Å². The molecule has 0 unspecified atom stereocenters. The van der Waals surface area contributed by atoms with E-state index < -0.39 is 46.0 Å². The molecule has 0 saturated carbocycles. The summed E-state index contributed by atoms with van der Waals surface area (Å²) >= 11 is 0. The van der Waals surface area contributed by atoms with Gasteiger partial charge in [0.2, 0.25) is 5.82 Å². The van der Waals surface area contributed by atoms with Crippen LogP contribution in [0.15, 0.2) is 12.3 Å². The van der Waals surface area contributed by atoms with E-state index in [0.717, 1.165) is 12.3 Å². The lowest BCUT2D eigenvalue weighted by molar-refractivity contribution is 0.381. The molecule has 0 aliphatic carbocycles. The van der Waals surface area contributed by atoms with Crippen LogP contribution in [-0.2, 0) is 0 Å². The third kappa shape index (κ3) is 1.84. The molecule has 2 aromatic rings. The molecule has 0 aliphatic heterocycles. The lowest BCUT2D eigenvalue weighted by Crippen LogP contribution is -2.07. The van der Waals surface area contributed by atoms with Crippen LogP contribution in [0.2, 0.25) is 0 Å². The molecule has 1 aromatic carbocycles. The average molecular weight is 285 g/mol. The molecular weight excluding hydrogens is 281 g/mol. The van der Waals surface area contributed by atoms with Crippen molar-refractivity contribution in [1.29, 1.82) is 5.26 Å². The summed E-state index contributed by atoms with van der Waals surface area (Å²) < 4.78 is 66.4. The number of halogens is 5. The van der Waals surface area contributed by atoms with E-state index in [1.54, 1.807) is 6.07 Å². The molecule has 0 bridgehead atoms. The van der Waals surface area contributed by atoms with Crippen LogP contribution < -0.4 is 5.73 Å². The van der Waals surface area contributed by atoms with Gasteiger partial charge < -0.3 is 5.73 Å². The molecule has 8 heteroatoms. The minimum absolute atomic E-state index is 0.195. The minimum atomic E-state index is -2.28. The first-order valence-electron chi connectivity index (χ1n) is 5.06. The fraction of sp³-hybridized carbons (Fsp3) is 0. The molecule has 0 atom stereocenters. The highest BCUT2D eigenvalue weighted by Gasteiger charge is 2.28. The largest absolute Gasteiger partial charge is 0.396 e. The first-order chi connectivity index (χ1) is 9.40. The number of aromatic nitrogens is 1. The van der Waals surface area contributed by atoms with Crippen molar-refractivity contribution in [2.75, 3.05) is 5.73 Å². The fourth-order valence-electron chi connectivity index (χ4n) is 1.58. The van der Waals surface area contributed by atoms with Gasteiger partial charge >= 0.3 is 0 Å². The summed E-state index contributed by atoms with van der Waals surface area (Å²) in [5.41, 5.74) is 2.82. The zero-order valence-electron chi connectivity index (χ0n) is 9.52. The number of pyridine rings is 1. The smallest absolute Gasteiger partial charge is 0.200 e. The lowest BCUT2D eigenvalue weighted by atomic mass is 10.0. The van der Waals surface area contributed by atoms with Crippen molar-refractivity contribution in [1.82, 2.24) is 4.98 Å². The molecule has 2 rings (SSSR count).